The molecule has 1 aliphatic heterocycles. The number of nitrogens with one attached hydrogen (secondary N) is 2. The highest BCUT2D eigenvalue weighted by Crippen LogP contribution is 2.13. The summed E-state index contributed by atoms with van der Waals surface area (Å²) in [5.74, 6) is -0.129. The zero-order valence-corrected chi connectivity index (χ0v) is 10.9. The highest BCUT2D eigenvalue weighted by atomic mass is 35.5. The number of hydrogen-bond acceptors (Lipinski definition) is 3. The molecule has 18 heavy (non-hydrogen) atoms. The van der Waals surface area contributed by atoms with Crippen LogP contribution in [-0.2, 0) is 9.53 Å². The zero-order chi connectivity index (χ0) is 12.8. The van der Waals surface area contributed by atoms with Crippen LogP contribution in [0.25, 0.3) is 0 Å². The van der Waals surface area contributed by atoms with E-state index < -0.39 is 0 Å². The normalized spacial score (nSPS) is 16.5. The van der Waals surface area contributed by atoms with Gasteiger partial charge in [-0.2, -0.15) is 0 Å². The first kappa shape index (κ1) is 13.3. The van der Waals surface area contributed by atoms with E-state index in [1.807, 2.05) is 0 Å². The molecule has 1 saturated heterocycles. The van der Waals surface area contributed by atoms with E-state index in [1.54, 1.807) is 24.3 Å². The molecule has 2 N–H and O–H groups in total. The molecule has 1 aromatic rings. The third-order valence-electron chi connectivity index (χ3n) is 2.86. The summed E-state index contributed by atoms with van der Waals surface area (Å²) in [7, 11) is 0. The van der Waals surface area contributed by atoms with Crippen LogP contribution in [0.4, 0.5) is 5.69 Å². The molecule has 0 aliphatic carbocycles. The van der Waals surface area contributed by atoms with Gasteiger partial charge in [0.1, 0.15) is 6.61 Å². The third kappa shape index (κ3) is 4.29. The minimum atomic E-state index is -0.129. The maximum absolute atomic E-state index is 11.7. The number of piperidine rings is 1. The van der Waals surface area contributed by atoms with Gasteiger partial charge in [0.25, 0.3) is 0 Å². The van der Waals surface area contributed by atoms with E-state index in [1.165, 1.54) is 0 Å². The molecule has 5 heteroatoms. The van der Waals surface area contributed by atoms with Gasteiger partial charge in [0.15, 0.2) is 0 Å². The summed E-state index contributed by atoms with van der Waals surface area (Å²) >= 11 is 5.77. The maximum atomic E-state index is 11.7. The van der Waals surface area contributed by atoms with Crippen LogP contribution < -0.4 is 10.6 Å². The van der Waals surface area contributed by atoms with E-state index in [0.717, 1.165) is 31.6 Å². The lowest BCUT2D eigenvalue weighted by molar-refractivity contribution is -0.123. The lowest BCUT2D eigenvalue weighted by Crippen LogP contribution is -2.34. The van der Waals surface area contributed by atoms with Crippen LogP contribution in [-0.4, -0.2) is 31.7 Å². The molecule has 0 atom stereocenters. The van der Waals surface area contributed by atoms with E-state index in [-0.39, 0.29) is 18.6 Å². The number of carbonyl (C=O) groups is 1. The molecule has 4 nitrogen and oxygen atoms in total. The fourth-order valence-electron chi connectivity index (χ4n) is 1.89. The highest BCUT2D eigenvalue weighted by molar-refractivity contribution is 6.30. The van der Waals surface area contributed by atoms with Crippen molar-refractivity contribution in [2.24, 2.45) is 0 Å². The van der Waals surface area contributed by atoms with E-state index in [2.05, 4.69) is 10.6 Å². The van der Waals surface area contributed by atoms with Gasteiger partial charge < -0.3 is 15.4 Å². The monoisotopic (exact) mass is 268 g/mol. The topological polar surface area (TPSA) is 50.4 Å². The van der Waals surface area contributed by atoms with E-state index in [9.17, 15) is 4.79 Å². The molecule has 2 rings (SSSR count). The van der Waals surface area contributed by atoms with Crippen LogP contribution >= 0.6 is 11.6 Å². The van der Waals surface area contributed by atoms with Crippen molar-refractivity contribution in [3.05, 3.63) is 29.3 Å². The first-order valence-corrected chi connectivity index (χ1v) is 6.49. The molecule has 1 aromatic carbocycles. The number of amides is 1. The number of hydrogen-bond donors (Lipinski definition) is 2. The van der Waals surface area contributed by atoms with Gasteiger partial charge in [0, 0.05) is 10.7 Å². The molecule has 1 amide bonds. The Morgan fingerprint density at radius 1 is 1.33 bits per heavy atom. The van der Waals surface area contributed by atoms with Crippen molar-refractivity contribution in [2.75, 3.05) is 25.0 Å². The lowest BCUT2D eigenvalue weighted by Gasteiger charge is -2.22. The second kappa shape index (κ2) is 6.73. The molecule has 0 saturated carbocycles. The summed E-state index contributed by atoms with van der Waals surface area (Å²) in [6.07, 6.45) is 2.13. The Hall–Kier alpha value is -1.10. The molecule has 1 fully saturated rings. The summed E-state index contributed by atoms with van der Waals surface area (Å²) < 4.78 is 5.56. The molecule has 1 heterocycles. The average molecular weight is 269 g/mol. The molecular formula is C13H17ClN2O2. The number of carbonyl (C=O) groups excluding carboxylic acids is 1. The number of halogens is 1. The van der Waals surface area contributed by atoms with Crippen molar-refractivity contribution >= 4 is 23.2 Å². The first-order chi connectivity index (χ1) is 8.74. The molecule has 0 aromatic heterocycles. The second-order valence-electron chi connectivity index (χ2n) is 4.32. The summed E-state index contributed by atoms with van der Waals surface area (Å²) in [5.41, 5.74) is 0.735. The molecule has 1 aliphatic rings. The quantitative estimate of drug-likeness (QED) is 0.879. The molecule has 0 unspecified atom stereocenters. The van der Waals surface area contributed by atoms with Gasteiger partial charge >= 0.3 is 0 Å². The molecular weight excluding hydrogens is 252 g/mol. The van der Waals surface area contributed by atoms with Crippen molar-refractivity contribution in [1.29, 1.82) is 0 Å². The smallest absolute Gasteiger partial charge is 0.250 e. The van der Waals surface area contributed by atoms with Gasteiger partial charge in [0.05, 0.1) is 6.10 Å². The molecule has 0 radical (unpaired) electrons. The minimum absolute atomic E-state index is 0.104. The fourth-order valence-corrected chi connectivity index (χ4v) is 2.01. The predicted octanol–water partition coefficient (Wildman–Crippen LogP) is 2.05. The Kier molecular flexibility index (Phi) is 4.99. The number of anilines is 1. The summed E-state index contributed by atoms with van der Waals surface area (Å²) in [6.45, 7) is 2.03. The Balaban J connectivity index is 1.73. The van der Waals surface area contributed by atoms with Crippen molar-refractivity contribution in [1.82, 2.24) is 5.32 Å². The van der Waals surface area contributed by atoms with Crippen molar-refractivity contribution in [3.8, 4) is 0 Å². The average Bonchev–Trinajstić information content (AvgIpc) is 2.40. The van der Waals surface area contributed by atoms with E-state index >= 15 is 0 Å². The predicted molar refractivity (Wildman–Crippen MR) is 71.9 cm³/mol. The van der Waals surface area contributed by atoms with Crippen LogP contribution in [0.2, 0.25) is 5.02 Å². The van der Waals surface area contributed by atoms with Crippen LogP contribution in [0.5, 0.6) is 0 Å². The Bertz CT molecular complexity index is 388. The van der Waals surface area contributed by atoms with Crippen LogP contribution in [0.1, 0.15) is 12.8 Å². The SMILES string of the molecule is O=C(COC1CCNCC1)Nc1ccc(Cl)cc1. The van der Waals surface area contributed by atoms with Gasteiger partial charge in [0.2, 0.25) is 5.91 Å². The molecule has 0 spiro atoms. The van der Waals surface area contributed by atoms with E-state index in [0.29, 0.717) is 5.02 Å². The van der Waals surface area contributed by atoms with Gasteiger partial charge in [-0.3, -0.25) is 4.79 Å². The van der Waals surface area contributed by atoms with Gasteiger partial charge in [-0.15, -0.1) is 0 Å². The van der Waals surface area contributed by atoms with E-state index in [4.69, 9.17) is 16.3 Å². The Morgan fingerprint density at radius 3 is 2.67 bits per heavy atom. The van der Waals surface area contributed by atoms with Crippen LogP contribution in [0.15, 0.2) is 24.3 Å². The first-order valence-electron chi connectivity index (χ1n) is 6.12. The summed E-state index contributed by atoms with van der Waals surface area (Å²) in [5, 5.41) is 6.68. The molecule has 98 valence electrons. The molecule has 0 bridgehead atoms. The Morgan fingerprint density at radius 2 is 2.00 bits per heavy atom. The minimum Gasteiger partial charge on any atom is -0.368 e. The maximum Gasteiger partial charge on any atom is 0.250 e. The summed E-state index contributed by atoms with van der Waals surface area (Å²) in [6, 6.07) is 7.02. The second-order valence-corrected chi connectivity index (χ2v) is 4.75. The largest absolute Gasteiger partial charge is 0.368 e. The number of benzene rings is 1. The number of ether oxygens (including phenoxy) is 1. The van der Waals surface area contributed by atoms with Crippen molar-refractivity contribution < 1.29 is 9.53 Å². The van der Waals surface area contributed by atoms with Crippen LogP contribution in [0, 0.1) is 0 Å². The van der Waals surface area contributed by atoms with Gasteiger partial charge in [-0.25, -0.2) is 0 Å². The standard InChI is InChI=1S/C13H17ClN2O2/c14-10-1-3-11(4-2-10)16-13(17)9-18-12-5-7-15-8-6-12/h1-4,12,15H,5-9H2,(H,16,17). The van der Waals surface area contributed by atoms with Crippen molar-refractivity contribution in [3.63, 3.8) is 0 Å². The number of rotatable bonds is 4. The zero-order valence-electron chi connectivity index (χ0n) is 10.1. The third-order valence-corrected chi connectivity index (χ3v) is 3.12. The van der Waals surface area contributed by atoms with Gasteiger partial charge in [-0.05, 0) is 50.2 Å². The fraction of sp³-hybridized carbons (Fsp3) is 0.462. The lowest BCUT2D eigenvalue weighted by atomic mass is 10.1. The van der Waals surface area contributed by atoms with Crippen molar-refractivity contribution in [2.45, 2.75) is 18.9 Å². The summed E-state index contributed by atoms with van der Waals surface area (Å²) in [4.78, 5) is 11.7. The van der Waals surface area contributed by atoms with Gasteiger partial charge in [-0.1, -0.05) is 11.6 Å². The Labute approximate surface area is 112 Å². The highest BCUT2D eigenvalue weighted by Gasteiger charge is 2.14. The van der Waals surface area contributed by atoms with Crippen LogP contribution in [0.3, 0.4) is 0 Å².